The summed E-state index contributed by atoms with van der Waals surface area (Å²) in [7, 11) is 0. The van der Waals surface area contributed by atoms with Gasteiger partial charge in [-0.2, -0.15) is 0 Å². The van der Waals surface area contributed by atoms with Gasteiger partial charge in [-0.15, -0.1) is 0 Å². The maximum Gasteiger partial charge on any atom is 0.244 e. The summed E-state index contributed by atoms with van der Waals surface area (Å²) in [5.41, 5.74) is -2.39. The van der Waals surface area contributed by atoms with E-state index in [0.717, 1.165) is 0 Å². The minimum atomic E-state index is -2.39. The van der Waals surface area contributed by atoms with E-state index in [2.05, 4.69) is 39.9 Å². The Balaban J connectivity index is 3.66. The number of hydrogen-bond donors (Lipinski definition) is 1. The monoisotopic (exact) mass is 466 g/mol. The molecular weight excluding hydrogens is 415 g/mol. The molecule has 29 heavy (non-hydrogen) atoms. The normalized spacial score (nSPS) is 15.9. The van der Waals surface area contributed by atoms with Crippen molar-refractivity contribution in [2.75, 3.05) is 13.2 Å². The van der Waals surface area contributed by atoms with Crippen LogP contribution in [0, 0.1) is 11.8 Å². The van der Waals surface area contributed by atoms with Crippen molar-refractivity contribution >= 4 is 29.7 Å². The van der Waals surface area contributed by atoms with Gasteiger partial charge in [0.25, 0.3) is 0 Å². The highest BCUT2D eigenvalue weighted by atomic mass is 32.9. The lowest BCUT2D eigenvalue weighted by Crippen LogP contribution is -2.07. The van der Waals surface area contributed by atoms with Crippen LogP contribution in [0.25, 0.3) is 0 Å². The van der Waals surface area contributed by atoms with E-state index < -0.39 is 5.69 Å². The summed E-state index contributed by atoms with van der Waals surface area (Å²) in [6, 6.07) is 0. The Hall–Kier alpha value is 0.920. The van der Waals surface area contributed by atoms with Crippen LogP contribution in [0.3, 0.4) is 0 Å². The van der Waals surface area contributed by atoms with Gasteiger partial charge < -0.3 is 9.05 Å². The van der Waals surface area contributed by atoms with Gasteiger partial charge in [0.15, 0.2) is 0 Å². The van der Waals surface area contributed by atoms with Crippen molar-refractivity contribution in [2.45, 2.75) is 130 Å². The molecule has 2 atom stereocenters. The minimum absolute atomic E-state index is 0.536. The Morgan fingerprint density at radius 1 is 0.621 bits per heavy atom. The second-order valence-corrected chi connectivity index (χ2v) is 14.4. The number of unbranched alkanes of at least 4 members (excludes halogenated alkanes) is 12. The third kappa shape index (κ3) is 21.9. The van der Waals surface area contributed by atoms with Crippen molar-refractivity contribution in [3.63, 3.8) is 0 Å². The molecule has 0 aliphatic carbocycles. The summed E-state index contributed by atoms with van der Waals surface area (Å²) in [5.74, 6) is 1.07. The second-order valence-electron chi connectivity index (χ2n) is 9.09. The van der Waals surface area contributed by atoms with Gasteiger partial charge in [0.1, 0.15) is 0 Å². The van der Waals surface area contributed by atoms with Crippen molar-refractivity contribution in [3.05, 3.63) is 0 Å². The number of hydrogen-bond acceptors (Lipinski definition) is 3. The Morgan fingerprint density at radius 3 is 1.28 bits per heavy atom. The quantitative estimate of drug-likeness (QED) is 0.0972. The van der Waals surface area contributed by atoms with E-state index in [9.17, 15) is 0 Å². The molecule has 5 heteroatoms. The maximum absolute atomic E-state index is 5.90. The average Bonchev–Trinajstić information content (AvgIpc) is 2.69. The lowest BCUT2D eigenvalue weighted by Gasteiger charge is -2.21. The molecule has 0 N–H and O–H groups in total. The van der Waals surface area contributed by atoms with Gasteiger partial charge in [-0.1, -0.05) is 130 Å². The fraction of sp³-hybridized carbons (Fsp3) is 1.00. The van der Waals surface area contributed by atoms with E-state index in [1.807, 2.05) is 0 Å². The summed E-state index contributed by atoms with van der Waals surface area (Å²) in [6.45, 7) is 10.4. The van der Waals surface area contributed by atoms with Crippen molar-refractivity contribution in [2.24, 2.45) is 11.8 Å². The Kier molecular flexibility index (Phi) is 21.5. The van der Waals surface area contributed by atoms with Crippen LogP contribution in [-0.4, -0.2) is 13.2 Å². The van der Waals surface area contributed by atoms with Crippen LogP contribution in [0.4, 0.5) is 0 Å². The molecule has 2 nitrogen and oxygen atoms in total. The SMILES string of the molecule is CCCCCCCCCC(C)COP(=S)(S)OCC(C)CCCCCCCCC. The first-order valence-corrected chi connectivity index (χ1v) is 16.3. The van der Waals surface area contributed by atoms with Crippen molar-refractivity contribution in [1.29, 1.82) is 0 Å². The molecule has 0 aliphatic heterocycles. The summed E-state index contributed by atoms with van der Waals surface area (Å²) in [4.78, 5) is 0. The van der Waals surface area contributed by atoms with E-state index in [0.29, 0.717) is 25.0 Å². The molecule has 0 radical (unpaired) electrons. The largest absolute Gasteiger partial charge is 0.322 e. The fourth-order valence-electron chi connectivity index (χ4n) is 3.55. The van der Waals surface area contributed by atoms with Crippen LogP contribution in [0.1, 0.15) is 130 Å². The summed E-state index contributed by atoms with van der Waals surface area (Å²) in [6.07, 6.45) is 21.4. The van der Waals surface area contributed by atoms with Crippen molar-refractivity contribution < 1.29 is 9.05 Å². The van der Waals surface area contributed by atoms with Crippen LogP contribution in [0.15, 0.2) is 0 Å². The predicted octanol–water partition coefficient (Wildman–Crippen LogP) is 9.73. The molecule has 176 valence electrons. The van der Waals surface area contributed by atoms with Gasteiger partial charge in [-0.25, -0.2) is 0 Å². The van der Waals surface area contributed by atoms with Gasteiger partial charge in [0.05, 0.1) is 13.2 Å². The Bertz CT molecular complexity index is 361. The van der Waals surface area contributed by atoms with Gasteiger partial charge in [-0.05, 0) is 36.5 Å². The molecule has 0 aliphatic rings. The van der Waals surface area contributed by atoms with E-state index >= 15 is 0 Å². The zero-order valence-electron chi connectivity index (χ0n) is 20.0. The molecule has 0 aromatic carbocycles. The lowest BCUT2D eigenvalue weighted by molar-refractivity contribution is 0.201. The first kappa shape index (κ1) is 29.9. The van der Waals surface area contributed by atoms with E-state index in [1.54, 1.807) is 0 Å². The van der Waals surface area contributed by atoms with Gasteiger partial charge in [0, 0.05) is 0 Å². The maximum atomic E-state index is 5.90. The van der Waals surface area contributed by atoms with Crippen LogP contribution in [0.5, 0.6) is 0 Å². The second kappa shape index (κ2) is 20.8. The third-order valence-electron chi connectivity index (χ3n) is 5.65. The standard InChI is InChI=1S/C24H51O2PS2/c1-5-7-9-11-13-15-17-19-23(3)21-25-27(28,29)26-22-24(4)20-18-16-14-12-10-8-6-2/h23-24H,5-22H2,1-4H3,(H,28,29). The highest BCUT2D eigenvalue weighted by Gasteiger charge is 2.17. The van der Waals surface area contributed by atoms with Crippen LogP contribution < -0.4 is 0 Å². The Morgan fingerprint density at radius 2 is 0.931 bits per heavy atom. The van der Waals surface area contributed by atoms with Crippen LogP contribution in [-0.2, 0) is 20.9 Å². The molecule has 0 saturated carbocycles. The molecule has 0 saturated heterocycles. The fourth-order valence-corrected chi connectivity index (χ4v) is 5.27. The minimum Gasteiger partial charge on any atom is -0.322 e. The van der Waals surface area contributed by atoms with Crippen LogP contribution >= 0.6 is 17.9 Å². The van der Waals surface area contributed by atoms with Gasteiger partial charge in [0.2, 0.25) is 5.69 Å². The summed E-state index contributed by atoms with van der Waals surface area (Å²) >= 11 is 10.0. The first-order valence-electron chi connectivity index (χ1n) is 12.5. The zero-order valence-corrected chi connectivity index (χ0v) is 22.6. The van der Waals surface area contributed by atoms with E-state index in [1.165, 1.54) is 103 Å². The molecule has 0 bridgehead atoms. The topological polar surface area (TPSA) is 18.5 Å². The van der Waals surface area contributed by atoms with Crippen molar-refractivity contribution in [1.82, 2.24) is 0 Å². The predicted molar refractivity (Wildman–Crippen MR) is 139 cm³/mol. The summed E-state index contributed by atoms with van der Waals surface area (Å²) < 4.78 is 11.8. The molecule has 0 heterocycles. The Labute approximate surface area is 194 Å². The lowest BCUT2D eigenvalue weighted by atomic mass is 10.0. The van der Waals surface area contributed by atoms with E-state index in [4.69, 9.17) is 20.9 Å². The molecule has 0 aromatic heterocycles. The first-order chi connectivity index (χ1) is 13.9. The molecule has 0 aromatic rings. The van der Waals surface area contributed by atoms with Crippen LogP contribution in [0.2, 0.25) is 0 Å². The molecule has 0 amide bonds. The smallest absolute Gasteiger partial charge is 0.244 e. The number of rotatable bonds is 22. The van der Waals surface area contributed by atoms with Crippen molar-refractivity contribution in [3.8, 4) is 0 Å². The number of thiol groups is 1. The van der Waals surface area contributed by atoms with Gasteiger partial charge >= 0.3 is 0 Å². The molecular formula is C24H51O2PS2. The summed E-state index contributed by atoms with van der Waals surface area (Å²) in [5, 5.41) is 0. The third-order valence-corrected chi connectivity index (χ3v) is 7.92. The van der Waals surface area contributed by atoms with Gasteiger partial charge in [-0.3, -0.25) is 0 Å². The zero-order chi connectivity index (χ0) is 21.8. The molecule has 0 rings (SSSR count). The molecule has 2 unspecified atom stereocenters. The molecule has 0 spiro atoms. The molecule has 0 fully saturated rings. The highest BCUT2D eigenvalue weighted by molar-refractivity contribution is 8.60. The average molecular weight is 467 g/mol. The van der Waals surface area contributed by atoms with E-state index in [-0.39, 0.29) is 0 Å². The highest BCUT2D eigenvalue weighted by Crippen LogP contribution is 2.54.